The van der Waals surface area contributed by atoms with Crippen LogP contribution in [-0.4, -0.2) is 74.8 Å². The highest BCUT2D eigenvalue weighted by atomic mass is 16.5. The monoisotopic (exact) mass is 502 g/mol. The summed E-state index contributed by atoms with van der Waals surface area (Å²) in [6.07, 6.45) is 3.24. The first kappa shape index (κ1) is 26.8. The lowest BCUT2D eigenvalue weighted by Crippen LogP contribution is -2.56. The number of imide groups is 2. The summed E-state index contributed by atoms with van der Waals surface area (Å²) in [5.41, 5.74) is 0.214. The van der Waals surface area contributed by atoms with Gasteiger partial charge in [-0.25, -0.2) is 0 Å². The van der Waals surface area contributed by atoms with Crippen LogP contribution in [0.15, 0.2) is 18.2 Å². The van der Waals surface area contributed by atoms with E-state index in [1.807, 2.05) is 0 Å². The van der Waals surface area contributed by atoms with E-state index >= 15 is 0 Å². The second kappa shape index (κ2) is 12.3. The van der Waals surface area contributed by atoms with Crippen LogP contribution in [0.4, 0.5) is 0 Å². The van der Waals surface area contributed by atoms with E-state index in [0.29, 0.717) is 38.5 Å². The lowest BCUT2D eigenvalue weighted by Gasteiger charge is -2.34. The van der Waals surface area contributed by atoms with Crippen molar-refractivity contribution in [1.82, 2.24) is 9.80 Å². The Kier molecular flexibility index (Phi) is 9.15. The van der Waals surface area contributed by atoms with Gasteiger partial charge in [-0.05, 0) is 50.7 Å². The Labute approximate surface area is 208 Å². The average molecular weight is 503 g/mol. The summed E-state index contributed by atoms with van der Waals surface area (Å²) < 4.78 is 5.73. The zero-order valence-electron chi connectivity index (χ0n) is 19.9. The van der Waals surface area contributed by atoms with Crippen molar-refractivity contribution in [2.24, 2.45) is 0 Å². The average Bonchev–Trinajstić information content (AvgIpc) is 3.08. The molecule has 0 saturated carbocycles. The van der Waals surface area contributed by atoms with E-state index in [2.05, 4.69) is 0 Å². The topological polar surface area (TPSA) is 159 Å². The van der Waals surface area contributed by atoms with Crippen LogP contribution in [0.25, 0.3) is 0 Å². The molecule has 0 radical (unpaired) electrons. The molecule has 11 heteroatoms. The normalized spacial score (nSPS) is 17.5. The molecule has 0 bridgehead atoms. The van der Waals surface area contributed by atoms with Crippen molar-refractivity contribution >= 4 is 35.6 Å². The molecule has 3 rings (SSSR count). The molecule has 2 heterocycles. The summed E-state index contributed by atoms with van der Waals surface area (Å²) in [5.74, 6) is -3.80. The molecule has 11 nitrogen and oxygen atoms in total. The summed E-state index contributed by atoms with van der Waals surface area (Å²) in [6, 6.07) is 3.55. The number of rotatable bonds is 14. The van der Waals surface area contributed by atoms with E-state index < -0.39 is 35.7 Å². The highest BCUT2D eigenvalue weighted by Crippen LogP contribution is 2.34. The number of hydrogen-bond donors (Lipinski definition) is 2. The van der Waals surface area contributed by atoms with Crippen LogP contribution in [0, 0.1) is 0 Å². The number of ether oxygens (including phenoxy) is 1. The SMILES string of the molecule is O=C(O)CCCCCOc1cccc2c1C(=O)N(C1CCC(=O)N(CCCCCC(=O)O)C1=O)C2=O. The Morgan fingerprint density at radius 1 is 0.889 bits per heavy atom. The third-order valence-corrected chi connectivity index (χ3v) is 6.27. The first-order valence-corrected chi connectivity index (χ1v) is 12.1. The molecule has 1 aromatic rings. The van der Waals surface area contributed by atoms with Gasteiger partial charge in [-0.2, -0.15) is 0 Å². The summed E-state index contributed by atoms with van der Waals surface area (Å²) in [4.78, 5) is 75.1. The number of likely N-dealkylation sites (tertiary alicyclic amines) is 1. The molecule has 2 aliphatic heterocycles. The summed E-state index contributed by atoms with van der Waals surface area (Å²) >= 11 is 0. The lowest BCUT2D eigenvalue weighted by atomic mass is 10.0. The van der Waals surface area contributed by atoms with Gasteiger partial charge in [0.25, 0.3) is 17.7 Å². The highest BCUT2D eigenvalue weighted by molar-refractivity contribution is 6.24. The van der Waals surface area contributed by atoms with Crippen molar-refractivity contribution in [1.29, 1.82) is 0 Å². The molecule has 1 aromatic carbocycles. The first-order chi connectivity index (χ1) is 17.2. The van der Waals surface area contributed by atoms with Crippen molar-refractivity contribution in [2.45, 2.75) is 70.3 Å². The van der Waals surface area contributed by atoms with Crippen LogP contribution in [0.5, 0.6) is 5.75 Å². The number of unbranched alkanes of at least 4 members (excludes halogenated alkanes) is 4. The molecule has 2 aliphatic rings. The number of fused-ring (bicyclic) bond motifs is 1. The van der Waals surface area contributed by atoms with E-state index in [-0.39, 0.29) is 61.6 Å². The zero-order chi connectivity index (χ0) is 26.2. The smallest absolute Gasteiger partial charge is 0.303 e. The molecule has 4 amide bonds. The van der Waals surface area contributed by atoms with E-state index in [9.17, 15) is 28.8 Å². The Bertz CT molecular complexity index is 1050. The Hall–Kier alpha value is -3.76. The van der Waals surface area contributed by atoms with Crippen molar-refractivity contribution < 1.29 is 43.7 Å². The van der Waals surface area contributed by atoms with Gasteiger partial charge in [0.15, 0.2) is 0 Å². The van der Waals surface area contributed by atoms with Gasteiger partial charge in [0, 0.05) is 25.8 Å². The van der Waals surface area contributed by atoms with Gasteiger partial charge in [0.05, 0.1) is 17.7 Å². The standard InChI is InChI=1S/C25H30N2O9/c28-19-13-12-17(24(34)26(19)14-5-1-3-10-20(29)30)27-23(33)16-8-7-9-18(22(16)25(27)35)36-15-6-2-4-11-21(31)32/h7-9,17H,1-6,10-15H2,(H,29,30)(H,31,32). The maximum absolute atomic E-state index is 13.3. The number of hydrogen-bond acceptors (Lipinski definition) is 7. The maximum Gasteiger partial charge on any atom is 0.303 e. The molecule has 1 unspecified atom stereocenters. The molecular weight excluding hydrogens is 472 g/mol. The van der Waals surface area contributed by atoms with Crippen LogP contribution in [0.3, 0.4) is 0 Å². The minimum absolute atomic E-state index is 0.00625. The minimum atomic E-state index is -1.10. The van der Waals surface area contributed by atoms with Crippen molar-refractivity contribution in [2.75, 3.05) is 13.2 Å². The number of aliphatic carboxylic acids is 2. The zero-order valence-corrected chi connectivity index (χ0v) is 19.9. The van der Waals surface area contributed by atoms with Gasteiger partial charge >= 0.3 is 11.9 Å². The first-order valence-electron chi connectivity index (χ1n) is 12.1. The van der Waals surface area contributed by atoms with E-state index in [1.165, 1.54) is 6.07 Å². The molecule has 194 valence electrons. The third-order valence-electron chi connectivity index (χ3n) is 6.27. The van der Waals surface area contributed by atoms with Crippen molar-refractivity contribution in [3.05, 3.63) is 29.3 Å². The highest BCUT2D eigenvalue weighted by Gasteiger charge is 2.47. The van der Waals surface area contributed by atoms with Gasteiger partial charge in [-0.1, -0.05) is 12.5 Å². The summed E-state index contributed by atoms with van der Waals surface area (Å²) in [5, 5.41) is 17.4. The molecule has 2 N–H and O–H groups in total. The molecule has 1 saturated heterocycles. The van der Waals surface area contributed by atoms with Crippen LogP contribution in [-0.2, 0) is 19.2 Å². The number of carboxylic acid groups (broad SMARTS) is 2. The van der Waals surface area contributed by atoms with Crippen LogP contribution >= 0.6 is 0 Å². The van der Waals surface area contributed by atoms with Gasteiger partial charge in [0.1, 0.15) is 11.8 Å². The van der Waals surface area contributed by atoms with E-state index in [4.69, 9.17) is 14.9 Å². The van der Waals surface area contributed by atoms with Crippen LogP contribution < -0.4 is 4.74 Å². The number of carbonyl (C=O) groups excluding carboxylic acids is 4. The predicted octanol–water partition coefficient (Wildman–Crippen LogP) is 2.47. The van der Waals surface area contributed by atoms with Gasteiger partial charge in [0.2, 0.25) is 5.91 Å². The quantitative estimate of drug-likeness (QED) is 0.288. The number of carbonyl (C=O) groups is 6. The minimum Gasteiger partial charge on any atom is -0.493 e. The molecule has 36 heavy (non-hydrogen) atoms. The fourth-order valence-electron chi connectivity index (χ4n) is 4.43. The van der Waals surface area contributed by atoms with E-state index in [1.54, 1.807) is 12.1 Å². The molecule has 0 aromatic heterocycles. The number of amides is 4. The molecule has 0 spiro atoms. The van der Waals surface area contributed by atoms with Gasteiger partial charge < -0.3 is 14.9 Å². The maximum atomic E-state index is 13.3. The van der Waals surface area contributed by atoms with Crippen molar-refractivity contribution in [3.63, 3.8) is 0 Å². The number of carboxylic acids is 2. The summed E-state index contributed by atoms with van der Waals surface area (Å²) in [7, 11) is 0. The fourth-order valence-corrected chi connectivity index (χ4v) is 4.43. The Balaban J connectivity index is 1.64. The van der Waals surface area contributed by atoms with Gasteiger partial charge in [-0.3, -0.25) is 38.6 Å². The molecule has 1 atom stereocenters. The van der Waals surface area contributed by atoms with Crippen LogP contribution in [0.1, 0.15) is 84.9 Å². The molecule has 1 fully saturated rings. The van der Waals surface area contributed by atoms with E-state index in [0.717, 1.165) is 9.80 Å². The lowest BCUT2D eigenvalue weighted by molar-refractivity contribution is -0.151. The number of nitrogens with zero attached hydrogens (tertiary/aromatic N) is 2. The second-order valence-corrected chi connectivity index (χ2v) is 8.85. The van der Waals surface area contributed by atoms with Crippen LogP contribution in [0.2, 0.25) is 0 Å². The third kappa shape index (κ3) is 6.27. The predicted molar refractivity (Wildman–Crippen MR) is 124 cm³/mol. The number of piperidine rings is 1. The van der Waals surface area contributed by atoms with Crippen molar-refractivity contribution in [3.8, 4) is 5.75 Å². The summed E-state index contributed by atoms with van der Waals surface area (Å²) in [6.45, 7) is 0.344. The fraction of sp³-hybridized carbons (Fsp3) is 0.520. The van der Waals surface area contributed by atoms with Gasteiger partial charge in [-0.15, -0.1) is 0 Å². The second-order valence-electron chi connectivity index (χ2n) is 8.85. The Morgan fingerprint density at radius 3 is 2.22 bits per heavy atom. The number of benzene rings is 1. The largest absolute Gasteiger partial charge is 0.493 e. The molecule has 0 aliphatic carbocycles. The Morgan fingerprint density at radius 2 is 1.56 bits per heavy atom. The molecular formula is C25H30N2O9.